The smallest absolute Gasteiger partial charge is 0.223 e. The molecular formula is C43H45N5O3. The molecule has 4 aromatic carbocycles. The lowest BCUT2D eigenvalue weighted by Crippen LogP contribution is -2.23. The number of hydrogen-bond donors (Lipinski definition) is 1. The van der Waals surface area contributed by atoms with E-state index in [1.165, 1.54) is 33.9 Å². The maximum atomic E-state index is 11.6. The molecule has 8 nitrogen and oxygen atoms in total. The molecule has 0 unspecified atom stereocenters. The molecule has 0 radical (unpaired) electrons. The number of hydrogen-bond acceptors (Lipinski definition) is 6. The van der Waals surface area contributed by atoms with Crippen molar-refractivity contribution in [2.75, 3.05) is 25.1 Å². The van der Waals surface area contributed by atoms with E-state index in [2.05, 4.69) is 132 Å². The first-order valence-corrected chi connectivity index (χ1v) is 17.6. The number of aromatic hydroxyl groups is 1. The number of aromatic nitrogens is 4. The second kappa shape index (κ2) is 16.7. The quantitative estimate of drug-likeness (QED) is 0.0866. The van der Waals surface area contributed by atoms with Gasteiger partial charge in [-0.15, -0.1) is 5.10 Å². The lowest BCUT2D eigenvalue weighted by atomic mass is 9.88. The van der Waals surface area contributed by atoms with Gasteiger partial charge in [0.1, 0.15) is 18.1 Å². The second-order valence-corrected chi connectivity index (χ2v) is 12.7. The number of benzene rings is 4. The normalized spacial score (nSPS) is 11.7. The average Bonchev–Trinajstić information content (AvgIpc) is 3.65. The highest BCUT2D eigenvalue weighted by molar-refractivity contribution is 5.98. The molecule has 0 bridgehead atoms. The molecule has 6 rings (SSSR count). The zero-order chi connectivity index (χ0) is 35.6. The van der Waals surface area contributed by atoms with Crippen molar-refractivity contribution in [1.82, 2.24) is 19.6 Å². The number of unbranched alkanes of at least 4 members (excludes halogenated alkanes) is 1. The summed E-state index contributed by atoms with van der Waals surface area (Å²) < 4.78 is 9.98. The molecule has 0 fully saturated rings. The molecule has 8 heteroatoms. The Hall–Kier alpha value is -5.89. The predicted molar refractivity (Wildman–Crippen MR) is 206 cm³/mol. The van der Waals surface area contributed by atoms with Gasteiger partial charge < -0.3 is 19.3 Å². The number of anilines is 1. The van der Waals surface area contributed by atoms with Crippen LogP contribution in [0.15, 0.2) is 132 Å². The van der Waals surface area contributed by atoms with Gasteiger partial charge in [0.15, 0.2) is 5.75 Å². The van der Waals surface area contributed by atoms with Crippen LogP contribution >= 0.6 is 0 Å². The molecule has 2 aromatic heterocycles. The first-order valence-electron chi connectivity index (χ1n) is 17.6. The van der Waals surface area contributed by atoms with Crippen molar-refractivity contribution in [2.24, 2.45) is 0 Å². The van der Waals surface area contributed by atoms with E-state index in [9.17, 15) is 9.90 Å². The Balaban J connectivity index is 1.04. The van der Waals surface area contributed by atoms with E-state index >= 15 is 0 Å². The summed E-state index contributed by atoms with van der Waals surface area (Å²) in [6, 6.07) is 39.4. The molecule has 0 amide bonds. The van der Waals surface area contributed by atoms with Gasteiger partial charge in [0.05, 0.1) is 18.4 Å². The minimum Gasteiger partial charge on any atom is -0.503 e. The number of allylic oxidation sites excluding steroid dienone is 1. The molecule has 0 aliphatic carbocycles. The van der Waals surface area contributed by atoms with Gasteiger partial charge in [-0.1, -0.05) is 97.1 Å². The fourth-order valence-electron chi connectivity index (χ4n) is 6.34. The van der Waals surface area contributed by atoms with Crippen LogP contribution in [0.2, 0.25) is 0 Å². The molecule has 6 aromatic rings. The summed E-state index contributed by atoms with van der Waals surface area (Å²) in [5.74, 6) is 0.662. The minimum absolute atomic E-state index is 0.181. The highest BCUT2D eigenvalue weighted by Crippen LogP contribution is 2.35. The molecule has 51 heavy (non-hydrogen) atoms. The van der Waals surface area contributed by atoms with Crippen molar-refractivity contribution in [3.8, 4) is 22.8 Å². The average molecular weight is 680 g/mol. The minimum atomic E-state index is -0.347. The molecule has 0 aliphatic rings. The molecule has 1 N–H and O–H groups in total. The lowest BCUT2D eigenvalue weighted by Gasteiger charge is -2.20. The maximum Gasteiger partial charge on any atom is 0.223 e. The van der Waals surface area contributed by atoms with E-state index in [0.717, 1.165) is 48.5 Å². The first-order chi connectivity index (χ1) is 24.9. The third kappa shape index (κ3) is 8.65. The third-order valence-corrected chi connectivity index (χ3v) is 9.25. The maximum absolute atomic E-state index is 11.6. The van der Waals surface area contributed by atoms with Crippen LogP contribution < -0.4 is 15.1 Å². The summed E-state index contributed by atoms with van der Waals surface area (Å²) in [5.41, 5.74) is 9.32. The van der Waals surface area contributed by atoms with Gasteiger partial charge in [-0.3, -0.25) is 9.48 Å². The van der Waals surface area contributed by atoms with E-state index < -0.39 is 0 Å². The summed E-state index contributed by atoms with van der Waals surface area (Å²) in [6.45, 7) is 6.68. The van der Waals surface area contributed by atoms with E-state index in [4.69, 9.17) is 4.74 Å². The second-order valence-electron chi connectivity index (χ2n) is 12.7. The largest absolute Gasteiger partial charge is 0.503 e. The topological polar surface area (TPSA) is 85.4 Å². The number of pyridine rings is 1. The van der Waals surface area contributed by atoms with Crippen LogP contribution in [-0.4, -0.2) is 44.9 Å². The molecule has 2 heterocycles. The van der Waals surface area contributed by atoms with Crippen LogP contribution in [0.25, 0.3) is 22.4 Å². The lowest BCUT2D eigenvalue weighted by molar-refractivity contribution is 0.326. The van der Waals surface area contributed by atoms with Gasteiger partial charge in [-0.2, -0.15) is 0 Å². The van der Waals surface area contributed by atoms with Crippen LogP contribution in [0.4, 0.5) is 5.69 Å². The number of rotatable bonds is 15. The summed E-state index contributed by atoms with van der Waals surface area (Å²) in [6.07, 6.45) is 6.40. The van der Waals surface area contributed by atoms with Gasteiger partial charge in [-0.25, -0.2) is 0 Å². The van der Waals surface area contributed by atoms with E-state index in [-0.39, 0.29) is 11.2 Å². The fourth-order valence-corrected chi connectivity index (χ4v) is 6.34. The van der Waals surface area contributed by atoms with Crippen LogP contribution in [0.5, 0.6) is 11.5 Å². The zero-order valence-corrected chi connectivity index (χ0v) is 29.6. The number of ether oxygens (including phenoxy) is 1. The summed E-state index contributed by atoms with van der Waals surface area (Å²) in [7, 11) is 2.07. The standard InChI is InChI=1S/C43H45N5O3/c1-4-39(33-14-7-5-8-15-33)42(34-16-9-6-10-17-34)35-20-22-38(23-21-35)51-29-28-46(3)37-19-13-18-36(30-37)40-31-48(45-44-40)26-12-11-25-47-27-24-41(49)43(50)32(47)2/h5-10,13-24,27,30-31,50H,4,11-12,25-26,28-29H2,1-3H3/b42-39-. The van der Waals surface area contributed by atoms with Crippen molar-refractivity contribution in [2.45, 2.75) is 46.2 Å². The van der Waals surface area contributed by atoms with Gasteiger partial charge in [0, 0.05) is 43.7 Å². The van der Waals surface area contributed by atoms with Crippen LogP contribution in [0.1, 0.15) is 48.6 Å². The Morgan fingerprint density at radius 3 is 2.24 bits per heavy atom. The molecule has 0 saturated heterocycles. The molecular weight excluding hydrogens is 635 g/mol. The van der Waals surface area contributed by atoms with Gasteiger partial charge >= 0.3 is 0 Å². The Kier molecular flexibility index (Phi) is 11.4. The number of nitrogens with zero attached hydrogens (tertiary/aromatic N) is 5. The van der Waals surface area contributed by atoms with Crippen LogP contribution in [0, 0.1) is 6.92 Å². The molecule has 0 saturated carbocycles. The number of aryl methyl sites for hydroxylation is 2. The highest BCUT2D eigenvalue weighted by atomic mass is 16.5. The summed E-state index contributed by atoms with van der Waals surface area (Å²) >= 11 is 0. The Bertz CT molecular complexity index is 2120. The Labute approximate surface area is 299 Å². The molecule has 0 spiro atoms. The summed E-state index contributed by atoms with van der Waals surface area (Å²) in [4.78, 5) is 13.8. The van der Waals surface area contributed by atoms with E-state index in [0.29, 0.717) is 25.4 Å². The molecule has 0 atom stereocenters. The predicted octanol–water partition coefficient (Wildman–Crippen LogP) is 8.49. The van der Waals surface area contributed by atoms with Crippen LogP contribution in [0.3, 0.4) is 0 Å². The van der Waals surface area contributed by atoms with Crippen molar-refractivity contribution < 1.29 is 9.84 Å². The Morgan fingerprint density at radius 2 is 1.51 bits per heavy atom. The van der Waals surface area contributed by atoms with Gasteiger partial charge in [0.25, 0.3) is 0 Å². The van der Waals surface area contributed by atoms with Crippen LogP contribution in [-0.2, 0) is 13.1 Å². The molecule has 260 valence electrons. The third-order valence-electron chi connectivity index (χ3n) is 9.25. The zero-order valence-electron chi connectivity index (χ0n) is 29.6. The van der Waals surface area contributed by atoms with Gasteiger partial charge in [-0.05, 0) is 78.3 Å². The Morgan fingerprint density at radius 1 is 0.824 bits per heavy atom. The van der Waals surface area contributed by atoms with Crippen molar-refractivity contribution in [3.63, 3.8) is 0 Å². The summed E-state index contributed by atoms with van der Waals surface area (Å²) in [5, 5.41) is 18.7. The SMILES string of the molecule is CC/C(=C(\c1ccccc1)c1ccc(OCCN(C)c2cccc(-c3cn(CCCCn4ccc(=O)c(O)c4C)nn3)c2)cc1)c1ccccc1. The first kappa shape index (κ1) is 35.0. The van der Waals surface area contributed by atoms with Crippen molar-refractivity contribution in [1.29, 1.82) is 0 Å². The fraction of sp³-hybridized carbons (Fsp3) is 0.233. The number of likely N-dealkylation sites (N-methyl/N-ethyl adjacent to an activating group) is 1. The molecule has 0 aliphatic heterocycles. The highest BCUT2D eigenvalue weighted by Gasteiger charge is 2.14. The van der Waals surface area contributed by atoms with Gasteiger partial charge in [0.2, 0.25) is 5.43 Å². The van der Waals surface area contributed by atoms with Crippen molar-refractivity contribution >= 4 is 16.8 Å². The monoisotopic (exact) mass is 679 g/mol. The van der Waals surface area contributed by atoms with E-state index in [1.807, 2.05) is 21.5 Å². The van der Waals surface area contributed by atoms with E-state index in [1.54, 1.807) is 13.1 Å². The van der Waals surface area contributed by atoms with Crippen molar-refractivity contribution in [3.05, 3.63) is 160 Å².